The first-order chi connectivity index (χ1) is 15.0. The third-order valence-electron chi connectivity index (χ3n) is 5.42. The van der Waals surface area contributed by atoms with Crippen molar-refractivity contribution < 1.29 is 24.1 Å². The van der Waals surface area contributed by atoms with E-state index in [9.17, 15) is 19.4 Å². The van der Waals surface area contributed by atoms with Crippen LogP contribution in [0.3, 0.4) is 0 Å². The Bertz CT molecular complexity index is 994. The first-order valence-corrected chi connectivity index (χ1v) is 11.0. The summed E-state index contributed by atoms with van der Waals surface area (Å²) in [6.07, 6.45) is 2.81. The molecule has 0 aromatic heterocycles. The molecule has 172 valence electrons. The molecule has 2 aromatic carbocycles. The van der Waals surface area contributed by atoms with E-state index in [2.05, 4.69) is 0 Å². The quantitative estimate of drug-likeness (QED) is 0.581. The lowest BCUT2D eigenvalue weighted by Gasteiger charge is -2.34. The Kier molecular flexibility index (Phi) is 7.47. The Morgan fingerprint density at radius 1 is 1.25 bits per heavy atom. The van der Waals surface area contributed by atoms with Crippen molar-refractivity contribution in [2.24, 2.45) is 0 Å². The molecular formula is C25H29ClFNO4. The lowest BCUT2D eigenvalue weighted by Crippen LogP contribution is -2.41. The summed E-state index contributed by atoms with van der Waals surface area (Å²) in [5, 5.41) is 21.7. The number of hydrogen-bond donors (Lipinski definition) is 2. The maximum Gasteiger partial charge on any atom is 0.410 e. The van der Waals surface area contributed by atoms with Gasteiger partial charge in [-0.3, -0.25) is 0 Å². The minimum Gasteiger partial charge on any atom is -0.507 e. The molecular weight excluding hydrogens is 433 g/mol. The molecule has 0 bridgehead atoms. The van der Waals surface area contributed by atoms with Crippen molar-refractivity contribution >= 4 is 23.8 Å². The molecule has 1 fully saturated rings. The van der Waals surface area contributed by atoms with Gasteiger partial charge in [0.05, 0.1) is 0 Å². The smallest absolute Gasteiger partial charge is 0.410 e. The molecule has 1 saturated heterocycles. The van der Waals surface area contributed by atoms with E-state index >= 15 is 0 Å². The van der Waals surface area contributed by atoms with Crippen LogP contribution in [-0.4, -0.2) is 39.9 Å². The van der Waals surface area contributed by atoms with Gasteiger partial charge in [0.1, 0.15) is 23.3 Å². The molecule has 2 aromatic rings. The lowest BCUT2D eigenvalue weighted by atomic mass is 9.87. The normalized spacial score (nSPS) is 16.4. The summed E-state index contributed by atoms with van der Waals surface area (Å²) >= 11 is 5.77. The summed E-state index contributed by atoms with van der Waals surface area (Å²) in [6, 6.07) is 9.55. The number of hydrogen-bond acceptors (Lipinski definition) is 4. The topological polar surface area (TPSA) is 70.0 Å². The zero-order valence-electron chi connectivity index (χ0n) is 18.5. The molecule has 5 nitrogen and oxygen atoms in total. The van der Waals surface area contributed by atoms with Crippen LogP contribution in [0.1, 0.15) is 62.3 Å². The molecule has 0 saturated carbocycles. The van der Waals surface area contributed by atoms with Gasteiger partial charge in [-0.05, 0) is 57.2 Å². The highest BCUT2D eigenvalue weighted by atomic mass is 35.5. The predicted octanol–water partition coefficient (Wildman–Crippen LogP) is 6.05. The van der Waals surface area contributed by atoms with Crippen LogP contribution in [0.4, 0.5) is 9.18 Å². The molecule has 3 rings (SSSR count). The monoisotopic (exact) mass is 461 g/mol. The van der Waals surface area contributed by atoms with Gasteiger partial charge in [-0.15, -0.1) is 0 Å². The van der Waals surface area contributed by atoms with E-state index in [4.69, 9.17) is 16.3 Å². The largest absolute Gasteiger partial charge is 0.507 e. The van der Waals surface area contributed by atoms with Gasteiger partial charge in [0.2, 0.25) is 0 Å². The maximum atomic E-state index is 14.0. The Hall–Kier alpha value is -2.57. The minimum absolute atomic E-state index is 0.0250. The number of aliphatic hydroxyl groups is 1. The third-order valence-corrected chi connectivity index (χ3v) is 5.66. The summed E-state index contributed by atoms with van der Waals surface area (Å²) in [6.45, 7) is 6.57. The number of carbonyl (C=O) groups excluding carboxylic acids is 1. The number of halogens is 2. The van der Waals surface area contributed by atoms with Crippen LogP contribution in [-0.2, 0) is 4.74 Å². The van der Waals surface area contributed by atoms with Crippen molar-refractivity contribution in [1.82, 2.24) is 4.90 Å². The Balaban J connectivity index is 1.69. The van der Waals surface area contributed by atoms with E-state index in [1.807, 2.05) is 26.8 Å². The number of ether oxygens (including phenoxy) is 1. The molecule has 0 aliphatic carbocycles. The molecule has 1 atom stereocenters. The van der Waals surface area contributed by atoms with Gasteiger partial charge in [-0.1, -0.05) is 48.0 Å². The number of carbonyl (C=O) groups is 1. The number of phenolic OH excluding ortho intramolecular Hbond substituents is 1. The van der Waals surface area contributed by atoms with E-state index in [0.717, 1.165) is 5.56 Å². The van der Waals surface area contributed by atoms with Crippen molar-refractivity contribution in [2.75, 3.05) is 13.1 Å². The third kappa shape index (κ3) is 6.02. The fraction of sp³-hybridized carbons (Fsp3) is 0.400. The van der Waals surface area contributed by atoms with Gasteiger partial charge < -0.3 is 19.8 Å². The summed E-state index contributed by atoms with van der Waals surface area (Å²) in [4.78, 5) is 14.0. The van der Waals surface area contributed by atoms with E-state index in [-0.39, 0.29) is 17.8 Å². The Morgan fingerprint density at radius 2 is 1.94 bits per heavy atom. The van der Waals surface area contributed by atoms with Crippen molar-refractivity contribution in [2.45, 2.75) is 51.2 Å². The van der Waals surface area contributed by atoms with Crippen LogP contribution in [0.5, 0.6) is 5.75 Å². The van der Waals surface area contributed by atoms with Crippen LogP contribution in [0.15, 0.2) is 42.5 Å². The predicted molar refractivity (Wildman–Crippen MR) is 123 cm³/mol. The van der Waals surface area contributed by atoms with Crippen LogP contribution in [0, 0.1) is 5.82 Å². The minimum atomic E-state index is -1.10. The molecule has 1 unspecified atom stereocenters. The van der Waals surface area contributed by atoms with Crippen LogP contribution < -0.4 is 0 Å². The van der Waals surface area contributed by atoms with E-state index < -0.39 is 17.5 Å². The molecule has 0 radical (unpaired) electrons. The maximum absolute atomic E-state index is 14.0. The number of aliphatic hydroxyl groups excluding tert-OH is 1. The Morgan fingerprint density at radius 3 is 2.56 bits per heavy atom. The van der Waals surface area contributed by atoms with E-state index in [1.165, 1.54) is 24.3 Å². The summed E-state index contributed by atoms with van der Waals surface area (Å²) in [5.74, 6) is -0.411. The lowest BCUT2D eigenvalue weighted by molar-refractivity contribution is 0.0204. The first kappa shape index (κ1) is 24.1. The van der Waals surface area contributed by atoms with Gasteiger partial charge >= 0.3 is 6.09 Å². The number of aromatic hydroxyl groups is 1. The molecule has 32 heavy (non-hydrogen) atoms. The van der Waals surface area contributed by atoms with Gasteiger partial charge in [-0.2, -0.15) is 0 Å². The number of benzene rings is 2. The van der Waals surface area contributed by atoms with Crippen LogP contribution >= 0.6 is 11.6 Å². The number of nitrogens with zero attached hydrogens (tertiary/aromatic N) is 1. The molecule has 1 aliphatic rings. The van der Waals surface area contributed by atoms with Crippen LogP contribution in [0.25, 0.3) is 6.08 Å². The average molecular weight is 462 g/mol. The number of amides is 1. The summed E-state index contributed by atoms with van der Waals surface area (Å²) in [7, 11) is 0. The zero-order chi connectivity index (χ0) is 23.5. The number of likely N-dealkylation sites (tertiary alicyclic amines) is 1. The van der Waals surface area contributed by atoms with Crippen molar-refractivity contribution in [3.8, 4) is 5.75 Å². The fourth-order valence-electron chi connectivity index (χ4n) is 3.78. The second-order valence-corrected chi connectivity index (χ2v) is 9.43. The highest BCUT2D eigenvalue weighted by Crippen LogP contribution is 2.38. The van der Waals surface area contributed by atoms with Gasteiger partial charge in [0.25, 0.3) is 0 Å². The second-order valence-electron chi connectivity index (χ2n) is 9.00. The molecule has 1 aliphatic heterocycles. The number of piperidine rings is 1. The number of para-hydroxylation sites is 1. The van der Waals surface area contributed by atoms with Crippen molar-refractivity contribution in [3.05, 3.63) is 70.0 Å². The van der Waals surface area contributed by atoms with Gasteiger partial charge in [-0.25, -0.2) is 9.18 Å². The van der Waals surface area contributed by atoms with Crippen molar-refractivity contribution in [3.63, 3.8) is 0 Å². The summed E-state index contributed by atoms with van der Waals surface area (Å²) in [5.41, 5.74) is 0.830. The van der Waals surface area contributed by atoms with Crippen LogP contribution in [0.2, 0.25) is 5.02 Å². The standard InChI is InChI=1S/C25H29ClFNO4/c1-25(2,3)32-24(31)28-13-11-16(12-14-28)19-5-4-6-20(23(19)30)22(29)10-8-17-7-9-18(26)15-21(17)27/h4-10,15-16,22,29-30H,11-14H2,1-3H3. The van der Waals surface area contributed by atoms with E-state index in [1.54, 1.807) is 23.1 Å². The summed E-state index contributed by atoms with van der Waals surface area (Å²) < 4.78 is 19.4. The molecule has 1 heterocycles. The fourth-order valence-corrected chi connectivity index (χ4v) is 3.94. The SMILES string of the molecule is CC(C)(C)OC(=O)N1CCC(c2cccc(C(O)C=Cc3ccc(Cl)cc3F)c2O)CC1. The number of rotatable bonds is 4. The zero-order valence-corrected chi connectivity index (χ0v) is 19.3. The van der Waals surface area contributed by atoms with Crippen molar-refractivity contribution in [1.29, 1.82) is 0 Å². The molecule has 7 heteroatoms. The second kappa shape index (κ2) is 9.92. The molecule has 2 N–H and O–H groups in total. The average Bonchev–Trinajstić information content (AvgIpc) is 2.72. The molecule has 0 spiro atoms. The highest BCUT2D eigenvalue weighted by molar-refractivity contribution is 6.30. The first-order valence-electron chi connectivity index (χ1n) is 10.7. The molecule has 1 amide bonds. The Labute approximate surface area is 193 Å². The van der Waals surface area contributed by atoms with E-state index in [0.29, 0.717) is 42.1 Å². The number of phenols is 1. The van der Waals surface area contributed by atoms with Gasteiger partial charge in [0, 0.05) is 29.2 Å². The highest BCUT2D eigenvalue weighted by Gasteiger charge is 2.29. The van der Waals surface area contributed by atoms with Gasteiger partial charge in [0.15, 0.2) is 0 Å².